The molecule has 1 aromatic heterocycles. The first-order valence-corrected chi connectivity index (χ1v) is 3.53. The van der Waals surface area contributed by atoms with Crippen LogP contribution in [0.5, 0.6) is 0 Å². The van der Waals surface area contributed by atoms with Crippen molar-refractivity contribution in [2.45, 2.75) is 19.9 Å². The van der Waals surface area contributed by atoms with E-state index in [1.165, 1.54) is 11.5 Å². The first-order chi connectivity index (χ1) is 4.22. The second-order valence-electron chi connectivity index (χ2n) is 2.00. The van der Waals surface area contributed by atoms with Crippen molar-refractivity contribution >= 4 is 11.5 Å². The summed E-state index contributed by atoms with van der Waals surface area (Å²) in [6.07, 6.45) is 0. The molecule has 1 atom stereocenters. The first kappa shape index (κ1) is 6.64. The lowest BCUT2D eigenvalue weighted by atomic mass is 10.2. The Hall–Kier alpha value is -0.480. The maximum atomic E-state index is 5.56. The van der Waals surface area contributed by atoms with Crippen LogP contribution in [0.1, 0.15) is 23.5 Å². The van der Waals surface area contributed by atoms with E-state index in [0.29, 0.717) is 0 Å². The monoisotopic (exact) mass is 143 g/mol. The third-order valence-electron chi connectivity index (χ3n) is 1.12. The van der Waals surface area contributed by atoms with Crippen LogP contribution in [0, 0.1) is 6.92 Å². The minimum Gasteiger partial charge on any atom is -0.323 e. The van der Waals surface area contributed by atoms with E-state index < -0.39 is 0 Å². The number of nitrogens with two attached hydrogens (primary N) is 1. The van der Waals surface area contributed by atoms with E-state index in [-0.39, 0.29) is 6.04 Å². The molecule has 0 aliphatic carbocycles. The van der Waals surface area contributed by atoms with Crippen molar-refractivity contribution < 1.29 is 0 Å². The minimum atomic E-state index is 0.0174. The second kappa shape index (κ2) is 2.41. The molecule has 0 fully saturated rings. The van der Waals surface area contributed by atoms with Crippen LogP contribution in [0.15, 0.2) is 0 Å². The molecule has 0 amide bonds. The molecule has 1 aromatic rings. The highest BCUT2D eigenvalue weighted by atomic mass is 32.1. The van der Waals surface area contributed by atoms with Crippen molar-refractivity contribution in [1.82, 2.24) is 9.59 Å². The Morgan fingerprint density at radius 3 is 2.56 bits per heavy atom. The standard InChI is InChI=1S/C5H9N3S/c1-3(6)5-4(2)9-8-7-5/h3H,6H2,1-2H3. The third-order valence-corrected chi connectivity index (χ3v) is 1.76. The molecule has 1 heterocycles. The highest BCUT2D eigenvalue weighted by Crippen LogP contribution is 2.13. The average molecular weight is 143 g/mol. The Morgan fingerprint density at radius 1 is 1.67 bits per heavy atom. The van der Waals surface area contributed by atoms with Crippen LogP contribution in [0.2, 0.25) is 0 Å². The van der Waals surface area contributed by atoms with Gasteiger partial charge in [-0.15, -0.1) is 5.10 Å². The van der Waals surface area contributed by atoms with E-state index in [0.717, 1.165) is 10.6 Å². The fourth-order valence-corrected chi connectivity index (χ4v) is 1.23. The van der Waals surface area contributed by atoms with Crippen LogP contribution in [-0.2, 0) is 0 Å². The Morgan fingerprint density at radius 2 is 2.33 bits per heavy atom. The second-order valence-corrected chi connectivity index (χ2v) is 2.96. The highest BCUT2D eigenvalue weighted by molar-refractivity contribution is 7.05. The summed E-state index contributed by atoms with van der Waals surface area (Å²) in [5.41, 5.74) is 6.48. The Balaban J connectivity index is 2.94. The number of nitrogens with zero attached hydrogens (tertiary/aromatic N) is 2. The fraction of sp³-hybridized carbons (Fsp3) is 0.600. The fourth-order valence-electron chi connectivity index (χ4n) is 0.654. The molecule has 0 spiro atoms. The van der Waals surface area contributed by atoms with Gasteiger partial charge in [-0.25, -0.2) is 0 Å². The summed E-state index contributed by atoms with van der Waals surface area (Å²) >= 11 is 1.39. The zero-order valence-corrected chi connectivity index (χ0v) is 6.27. The lowest BCUT2D eigenvalue weighted by Gasteiger charge is -1.97. The van der Waals surface area contributed by atoms with Crippen molar-refractivity contribution in [3.8, 4) is 0 Å². The normalized spacial score (nSPS) is 13.7. The Bertz CT molecular complexity index is 194. The smallest absolute Gasteiger partial charge is 0.0948 e. The molecule has 1 unspecified atom stereocenters. The van der Waals surface area contributed by atoms with Crippen LogP contribution < -0.4 is 5.73 Å². The van der Waals surface area contributed by atoms with Crippen LogP contribution in [0.25, 0.3) is 0 Å². The van der Waals surface area contributed by atoms with Gasteiger partial charge in [-0.2, -0.15) is 0 Å². The van der Waals surface area contributed by atoms with Gasteiger partial charge < -0.3 is 5.73 Å². The van der Waals surface area contributed by atoms with E-state index in [9.17, 15) is 0 Å². The molecular weight excluding hydrogens is 134 g/mol. The SMILES string of the molecule is Cc1snnc1C(C)N. The molecule has 9 heavy (non-hydrogen) atoms. The van der Waals surface area contributed by atoms with Gasteiger partial charge in [0, 0.05) is 10.9 Å². The van der Waals surface area contributed by atoms with E-state index in [1.807, 2.05) is 13.8 Å². The lowest BCUT2D eigenvalue weighted by molar-refractivity contribution is 0.767. The zero-order chi connectivity index (χ0) is 6.85. The molecule has 0 aromatic carbocycles. The Labute approximate surface area is 58.1 Å². The van der Waals surface area contributed by atoms with Gasteiger partial charge in [0.05, 0.1) is 5.69 Å². The van der Waals surface area contributed by atoms with Crippen molar-refractivity contribution in [2.24, 2.45) is 5.73 Å². The molecule has 1 rings (SSSR count). The molecule has 0 aliphatic heterocycles. The van der Waals surface area contributed by atoms with Crippen LogP contribution >= 0.6 is 11.5 Å². The van der Waals surface area contributed by atoms with Crippen molar-refractivity contribution in [3.05, 3.63) is 10.6 Å². The van der Waals surface area contributed by atoms with Gasteiger partial charge in [-0.1, -0.05) is 4.49 Å². The molecule has 50 valence electrons. The molecule has 4 heteroatoms. The first-order valence-electron chi connectivity index (χ1n) is 2.76. The molecule has 0 aliphatic rings. The molecule has 0 saturated carbocycles. The van der Waals surface area contributed by atoms with Gasteiger partial charge in [0.15, 0.2) is 0 Å². The molecule has 2 N–H and O–H groups in total. The summed E-state index contributed by atoms with van der Waals surface area (Å²) in [7, 11) is 0. The highest BCUT2D eigenvalue weighted by Gasteiger charge is 2.06. The maximum Gasteiger partial charge on any atom is 0.0948 e. The van der Waals surface area contributed by atoms with Gasteiger partial charge in [0.25, 0.3) is 0 Å². The summed E-state index contributed by atoms with van der Waals surface area (Å²) in [6, 6.07) is 0.0174. The van der Waals surface area contributed by atoms with E-state index in [2.05, 4.69) is 9.59 Å². The summed E-state index contributed by atoms with van der Waals surface area (Å²) in [4.78, 5) is 1.12. The molecule has 3 nitrogen and oxygen atoms in total. The minimum absolute atomic E-state index is 0.0174. The summed E-state index contributed by atoms with van der Waals surface area (Å²) in [5, 5.41) is 3.86. The van der Waals surface area contributed by atoms with E-state index >= 15 is 0 Å². The topological polar surface area (TPSA) is 51.8 Å². The lowest BCUT2D eigenvalue weighted by Crippen LogP contribution is -2.06. The zero-order valence-electron chi connectivity index (χ0n) is 5.46. The van der Waals surface area contributed by atoms with Gasteiger partial charge >= 0.3 is 0 Å². The number of aromatic nitrogens is 2. The Kier molecular flexibility index (Phi) is 1.78. The van der Waals surface area contributed by atoms with Crippen molar-refractivity contribution in [1.29, 1.82) is 0 Å². The van der Waals surface area contributed by atoms with E-state index in [1.54, 1.807) is 0 Å². The number of rotatable bonds is 1. The molecular formula is C5H9N3S. The van der Waals surface area contributed by atoms with Gasteiger partial charge in [0.2, 0.25) is 0 Å². The average Bonchev–Trinajstić information content (AvgIpc) is 2.13. The van der Waals surface area contributed by atoms with Crippen LogP contribution in [0.3, 0.4) is 0 Å². The predicted molar refractivity (Wildman–Crippen MR) is 37.2 cm³/mol. The predicted octanol–water partition coefficient (Wildman–Crippen LogP) is 0.866. The molecule has 0 radical (unpaired) electrons. The van der Waals surface area contributed by atoms with E-state index in [4.69, 9.17) is 5.73 Å². The molecule has 0 bridgehead atoms. The number of aryl methyl sites for hydroxylation is 1. The van der Waals surface area contributed by atoms with Crippen LogP contribution in [0.4, 0.5) is 0 Å². The van der Waals surface area contributed by atoms with Crippen molar-refractivity contribution in [3.63, 3.8) is 0 Å². The number of hydrogen-bond acceptors (Lipinski definition) is 4. The third kappa shape index (κ3) is 1.25. The van der Waals surface area contributed by atoms with Crippen molar-refractivity contribution in [2.75, 3.05) is 0 Å². The van der Waals surface area contributed by atoms with Gasteiger partial charge in [-0.3, -0.25) is 0 Å². The summed E-state index contributed by atoms with van der Waals surface area (Å²) in [5.74, 6) is 0. The molecule has 0 saturated heterocycles. The van der Waals surface area contributed by atoms with Gasteiger partial charge in [-0.05, 0) is 25.4 Å². The van der Waals surface area contributed by atoms with Crippen LogP contribution in [-0.4, -0.2) is 9.59 Å². The summed E-state index contributed by atoms with van der Waals surface area (Å²) in [6.45, 7) is 3.88. The number of hydrogen-bond donors (Lipinski definition) is 1. The maximum absolute atomic E-state index is 5.56. The largest absolute Gasteiger partial charge is 0.323 e. The summed E-state index contributed by atoms with van der Waals surface area (Å²) < 4.78 is 3.75. The van der Waals surface area contributed by atoms with Gasteiger partial charge in [0.1, 0.15) is 0 Å². The quantitative estimate of drug-likeness (QED) is 0.634.